The van der Waals surface area contributed by atoms with Crippen molar-refractivity contribution in [3.05, 3.63) is 48.3 Å². The lowest BCUT2D eigenvalue weighted by molar-refractivity contribution is -0.116. The van der Waals surface area contributed by atoms with Gasteiger partial charge in [-0.2, -0.15) is 10.2 Å². The average Bonchev–Trinajstić information content (AvgIpc) is 3.47. The van der Waals surface area contributed by atoms with Gasteiger partial charge in [0.15, 0.2) is 0 Å². The van der Waals surface area contributed by atoms with E-state index in [1.54, 1.807) is 4.68 Å². The van der Waals surface area contributed by atoms with Gasteiger partial charge in [-0.3, -0.25) is 14.2 Å². The fourth-order valence-corrected chi connectivity index (χ4v) is 4.61. The monoisotopic (exact) mass is 427 g/mol. The van der Waals surface area contributed by atoms with Gasteiger partial charge in [-0.15, -0.1) is 0 Å². The van der Waals surface area contributed by atoms with Crippen LogP contribution in [0.4, 0.5) is 11.4 Å². The van der Waals surface area contributed by atoms with Crippen LogP contribution in [0.1, 0.15) is 24.9 Å². The van der Waals surface area contributed by atoms with Crippen molar-refractivity contribution < 1.29 is 4.79 Å². The van der Waals surface area contributed by atoms with E-state index in [1.165, 1.54) is 5.56 Å². The molecule has 2 aliphatic rings. The van der Waals surface area contributed by atoms with Gasteiger partial charge in [-0.05, 0) is 42.3 Å². The van der Waals surface area contributed by atoms with Crippen LogP contribution in [0, 0.1) is 0 Å². The van der Waals surface area contributed by atoms with Crippen LogP contribution < -0.4 is 16.0 Å². The molecule has 2 aromatic heterocycles. The van der Waals surface area contributed by atoms with Gasteiger partial charge in [0.2, 0.25) is 5.91 Å². The molecule has 2 aromatic carbocycles. The third-order valence-electron chi connectivity index (χ3n) is 6.27. The van der Waals surface area contributed by atoms with Crippen LogP contribution >= 0.6 is 0 Å². The number of anilines is 2. The lowest BCUT2D eigenvalue weighted by Gasteiger charge is -2.18. The summed E-state index contributed by atoms with van der Waals surface area (Å²) in [5.41, 5.74) is 8.15. The van der Waals surface area contributed by atoms with E-state index in [0.29, 0.717) is 12.5 Å². The Morgan fingerprint density at radius 1 is 1.12 bits per heavy atom. The van der Waals surface area contributed by atoms with E-state index in [0.717, 1.165) is 51.2 Å². The number of benzene rings is 2. The number of hydrogen-bond donors (Lipinski definition) is 3. The highest BCUT2D eigenvalue weighted by atomic mass is 16.1. The molecule has 2 aliphatic heterocycles. The number of hydrogen-bond acceptors (Lipinski definition) is 5. The van der Waals surface area contributed by atoms with Crippen LogP contribution in [0.5, 0.6) is 0 Å². The molecular formula is C24H25N7O. The molecule has 8 nitrogen and oxygen atoms in total. The number of nitrogens with one attached hydrogen (secondary N) is 3. The van der Waals surface area contributed by atoms with Gasteiger partial charge in [0.1, 0.15) is 5.69 Å². The minimum absolute atomic E-state index is 0.0391. The van der Waals surface area contributed by atoms with Crippen molar-refractivity contribution in [1.29, 1.82) is 0 Å². The fourth-order valence-electron chi connectivity index (χ4n) is 4.61. The van der Waals surface area contributed by atoms with Gasteiger partial charge in [0.05, 0.1) is 23.1 Å². The molecule has 1 saturated heterocycles. The highest BCUT2D eigenvalue weighted by Crippen LogP contribution is 2.42. The Morgan fingerprint density at radius 3 is 2.72 bits per heavy atom. The molecule has 4 heterocycles. The number of carbonyl (C=O) groups excluding carboxylic acids is 1. The minimum atomic E-state index is 0.0391. The van der Waals surface area contributed by atoms with E-state index in [2.05, 4.69) is 51.4 Å². The van der Waals surface area contributed by atoms with Gasteiger partial charge < -0.3 is 16.0 Å². The van der Waals surface area contributed by atoms with Crippen molar-refractivity contribution in [1.82, 2.24) is 24.9 Å². The molecule has 2 unspecified atom stereocenters. The fraction of sp³-hybridized carbons (Fsp3) is 0.292. The Labute approximate surface area is 185 Å². The molecule has 6 rings (SSSR count). The van der Waals surface area contributed by atoms with E-state index in [9.17, 15) is 4.79 Å². The van der Waals surface area contributed by atoms with Crippen LogP contribution in [0.2, 0.25) is 0 Å². The van der Waals surface area contributed by atoms with Crippen molar-refractivity contribution >= 4 is 28.2 Å². The summed E-state index contributed by atoms with van der Waals surface area (Å²) in [6.07, 6.45) is 4.27. The van der Waals surface area contributed by atoms with Crippen LogP contribution in [0.25, 0.3) is 33.3 Å². The quantitative estimate of drug-likeness (QED) is 0.435. The largest absolute Gasteiger partial charge is 0.380 e. The SMILES string of the molecule is CC1CC(=O)Nc2cc(C3CN3)cc(-c3ccc4c(c3)c(-c3cnn(C)c3)nn4C)c2N1. The molecule has 1 fully saturated rings. The summed E-state index contributed by atoms with van der Waals surface area (Å²) in [6.45, 7) is 3.00. The molecule has 0 aliphatic carbocycles. The van der Waals surface area contributed by atoms with Crippen molar-refractivity contribution in [3.8, 4) is 22.4 Å². The Bertz CT molecular complexity index is 1380. The molecule has 162 valence electrons. The first-order chi connectivity index (χ1) is 15.5. The maximum atomic E-state index is 12.4. The molecular weight excluding hydrogens is 402 g/mol. The molecule has 4 aromatic rings. The maximum absolute atomic E-state index is 12.4. The van der Waals surface area contributed by atoms with Crippen LogP contribution in [-0.2, 0) is 18.9 Å². The average molecular weight is 428 g/mol. The molecule has 32 heavy (non-hydrogen) atoms. The highest BCUT2D eigenvalue weighted by molar-refractivity contribution is 6.02. The van der Waals surface area contributed by atoms with E-state index < -0.39 is 0 Å². The second-order valence-corrected chi connectivity index (χ2v) is 8.86. The van der Waals surface area contributed by atoms with Crippen LogP contribution in [-0.4, -0.2) is 38.1 Å². The summed E-state index contributed by atoms with van der Waals surface area (Å²) in [4.78, 5) is 12.4. The predicted octanol–water partition coefficient (Wildman–Crippen LogP) is 3.43. The standard InChI is InChI=1S/C24H25N7O/c1-13-6-22(32)28-19-9-15(20-11-25-20)8-17(24(19)27-13)14-4-5-21-18(7-14)23(29-31(21)3)16-10-26-30(2)12-16/h4-5,7-10,12-13,20,25,27H,6,11H2,1-3H3,(H,28,32). The van der Waals surface area contributed by atoms with Crippen LogP contribution in [0.15, 0.2) is 42.7 Å². The number of fused-ring (bicyclic) bond motifs is 2. The zero-order valence-corrected chi connectivity index (χ0v) is 18.3. The second kappa shape index (κ2) is 6.93. The van der Waals surface area contributed by atoms with Crippen molar-refractivity contribution in [2.75, 3.05) is 17.2 Å². The number of rotatable bonds is 3. The summed E-state index contributed by atoms with van der Waals surface area (Å²) < 4.78 is 3.70. The number of amides is 1. The molecule has 0 radical (unpaired) electrons. The zero-order valence-electron chi connectivity index (χ0n) is 18.3. The van der Waals surface area contributed by atoms with Crippen molar-refractivity contribution in [2.24, 2.45) is 14.1 Å². The zero-order chi connectivity index (χ0) is 22.0. The number of nitrogens with zero attached hydrogens (tertiary/aromatic N) is 4. The van der Waals surface area contributed by atoms with Gasteiger partial charge in [-0.25, -0.2) is 0 Å². The Hall–Kier alpha value is -3.65. The number of carbonyl (C=O) groups is 1. The summed E-state index contributed by atoms with van der Waals surface area (Å²) in [6, 6.07) is 11.2. The first-order valence-electron chi connectivity index (χ1n) is 10.9. The highest BCUT2D eigenvalue weighted by Gasteiger charge is 2.28. The van der Waals surface area contributed by atoms with Crippen molar-refractivity contribution in [3.63, 3.8) is 0 Å². The normalized spacial score (nSPS) is 19.9. The maximum Gasteiger partial charge on any atom is 0.226 e. The first kappa shape index (κ1) is 19.1. The smallest absolute Gasteiger partial charge is 0.226 e. The summed E-state index contributed by atoms with van der Waals surface area (Å²) in [5, 5.41) is 20.2. The number of aryl methyl sites for hydroxylation is 2. The van der Waals surface area contributed by atoms with Gasteiger partial charge in [0.25, 0.3) is 0 Å². The minimum Gasteiger partial charge on any atom is -0.380 e. The Morgan fingerprint density at radius 2 is 1.97 bits per heavy atom. The topological polar surface area (TPSA) is 98.7 Å². The van der Waals surface area contributed by atoms with E-state index in [1.807, 2.05) is 38.1 Å². The molecule has 0 spiro atoms. The Balaban J connectivity index is 1.56. The summed E-state index contributed by atoms with van der Waals surface area (Å²) >= 11 is 0. The Kier molecular flexibility index (Phi) is 4.13. The number of aromatic nitrogens is 4. The first-order valence-corrected chi connectivity index (χ1v) is 10.9. The lowest BCUT2D eigenvalue weighted by Crippen LogP contribution is -2.19. The second-order valence-electron chi connectivity index (χ2n) is 8.86. The molecule has 3 N–H and O–H groups in total. The third-order valence-corrected chi connectivity index (χ3v) is 6.27. The predicted molar refractivity (Wildman–Crippen MR) is 125 cm³/mol. The third kappa shape index (κ3) is 3.15. The molecule has 8 heteroatoms. The van der Waals surface area contributed by atoms with Crippen LogP contribution in [0.3, 0.4) is 0 Å². The molecule has 0 bridgehead atoms. The lowest BCUT2D eigenvalue weighted by atomic mass is 9.96. The van der Waals surface area contributed by atoms with E-state index in [4.69, 9.17) is 5.10 Å². The van der Waals surface area contributed by atoms with E-state index in [-0.39, 0.29) is 11.9 Å². The molecule has 2 atom stereocenters. The molecule has 1 amide bonds. The van der Waals surface area contributed by atoms with E-state index >= 15 is 0 Å². The summed E-state index contributed by atoms with van der Waals surface area (Å²) in [7, 11) is 3.87. The van der Waals surface area contributed by atoms with Gasteiger partial charge >= 0.3 is 0 Å². The van der Waals surface area contributed by atoms with Gasteiger partial charge in [0, 0.05) is 61.9 Å². The molecule has 0 saturated carbocycles. The van der Waals surface area contributed by atoms with Gasteiger partial charge in [-0.1, -0.05) is 6.07 Å². The van der Waals surface area contributed by atoms with Crippen molar-refractivity contribution in [2.45, 2.75) is 25.4 Å². The summed E-state index contributed by atoms with van der Waals surface area (Å²) in [5.74, 6) is 0.0391.